The maximum Gasteiger partial charge on any atom is 0.243 e. The number of rotatable bonds is 5. The molecular weight excluding hydrogens is 260 g/mol. The summed E-state index contributed by atoms with van der Waals surface area (Å²) < 4.78 is 26.3. The van der Waals surface area contributed by atoms with Gasteiger partial charge < -0.3 is 5.32 Å². The summed E-state index contributed by atoms with van der Waals surface area (Å²) in [6.45, 7) is 1.94. The zero-order chi connectivity index (χ0) is 13.7. The van der Waals surface area contributed by atoms with Crippen LogP contribution in [-0.4, -0.2) is 39.4 Å². The van der Waals surface area contributed by atoms with Crippen LogP contribution in [0.4, 0.5) is 0 Å². The Morgan fingerprint density at radius 2 is 1.95 bits per heavy atom. The summed E-state index contributed by atoms with van der Waals surface area (Å²) in [5, 5.41) is 3.08. The van der Waals surface area contributed by atoms with Gasteiger partial charge in [0.15, 0.2) is 0 Å². The van der Waals surface area contributed by atoms with E-state index in [0.29, 0.717) is 18.0 Å². The summed E-state index contributed by atoms with van der Waals surface area (Å²) in [4.78, 5) is 0.385. The number of nitrogens with zero attached hydrogens (tertiary/aromatic N) is 1. The van der Waals surface area contributed by atoms with Crippen molar-refractivity contribution in [3.8, 4) is 0 Å². The minimum Gasteiger partial charge on any atom is -0.319 e. The van der Waals surface area contributed by atoms with Crippen LogP contribution >= 0.6 is 0 Å². The molecule has 1 heterocycles. The standard InChI is InChI=1S/C14H20N2O2S/c1-15-10-9-13-5-7-14(8-6-13)19(17,18)16-11-3-2-4-12-16/h2-3,5-8,15H,4,9-12H2,1H3. The molecule has 0 unspecified atom stereocenters. The molecule has 104 valence electrons. The third-order valence-corrected chi connectivity index (χ3v) is 5.13. The van der Waals surface area contributed by atoms with E-state index in [-0.39, 0.29) is 0 Å². The van der Waals surface area contributed by atoms with E-state index in [9.17, 15) is 8.42 Å². The van der Waals surface area contributed by atoms with Gasteiger partial charge in [0.2, 0.25) is 10.0 Å². The van der Waals surface area contributed by atoms with Gasteiger partial charge in [-0.25, -0.2) is 8.42 Å². The summed E-state index contributed by atoms with van der Waals surface area (Å²) in [6, 6.07) is 7.20. The van der Waals surface area contributed by atoms with Gasteiger partial charge >= 0.3 is 0 Å². The average molecular weight is 280 g/mol. The van der Waals surface area contributed by atoms with Crippen LogP contribution in [0.3, 0.4) is 0 Å². The molecule has 0 atom stereocenters. The van der Waals surface area contributed by atoms with Gasteiger partial charge in [-0.05, 0) is 44.1 Å². The van der Waals surface area contributed by atoms with E-state index in [1.54, 1.807) is 12.1 Å². The Morgan fingerprint density at radius 3 is 2.53 bits per heavy atom. The van der Waals surface area contributed by atoms with Crippen molar-refractivity contribution in [2.45, 2.75) is 17.7 Å². The van der Waals surface area contributed by atoms with Gasteiger partial charge in [-0.2, -0.15) is 4.31 Å². The Hall–Kier alpha value is -1.17. The molecule has 4 nitrogen and oxygen atoms in total. The minimum atomic E-state index is -3.33. The first-order valence-electron chi connectivity index (χ1n) is 6.53. The van der Waals surface area contributed by atoms with Crippen molar-refractivity contribution in [1.29, 1.82) is 0 Å². The highest BCUT2D eigenvalue weighted by Gasteiger charge is 2.23. The molecule has 0 aromatic heterocycles. The fourth-order valence-electron chi connectivity index (χ4n) is 2.08. The summed E-state index contributed by atoms with van der Waals surface area (Å²) in [5.74, 6) is 0. The summed E-state index contributed by atoms with van der Waals surface area (Å²) >= 11 is 0. The van der Waals surface area contributed by atoms with Crippen LogP contribution in [0.1, 0.15) is 12.0 Å². The third kappa shape index (κ3) is 3.43. The first-order chi connectivity index (χ1) is 9.14. The van der Waals surface area contributed by atoms with Crippen LogP contribution in [0.15, 0.2) is 41.3 Å². The van der Waals surface area contributed by atoms with Crippen LogP contribution in [0.2, 0.25) is 0 Å². The normalized spacial score (nSPS) is 16.7. The van der Waals surface area contributed by atoms with E-state index in [1.807, 2.05) is 31.3 Å². The highest BCUT2D eigenvalue weighted by Crippen LogP contribution is 2.18. The molecule has 1 aliphatic heterocycles. The minimum absolute atomic E-state index is 0.385. The van der Waals surface area contributed by atoms with E-state index in [0.717, 1.165) is 24.9 Å². The number of nitrogens with one attached hydrogen (secondary N) is 1. The van der Waals surface area contributed by atoms with Crippen LogP contribution in [0.25, 0.3) is 0 Å². The van der Waals surface area contributed by atoms with Crippen LogP contribution in [0.5, 0.6) is 0 Å². The fraction of sp³-hybridized carbons (Fsp3) is 0.429. The molecule has 0 saturated carbocycles. The molecule has 0 aliphatic carbocycles. The zero-order valence-electron chi connectivity index (χ0n) is 11.2. The summed E-state index contributed by atoms with van der Waals surface area (Å²) in [5.41, 5.74) is 1.15. The van der Waals surface area contributed by atoms with Crippen molar-refractivity contribution >= 4 is 10.0 Å². The van der Waals surface area contributed by atoms with Crippen molar-refractivity contribution in [2.75, 3.05) is 26.7 Å². The second-order valence-electron chi connectivity index (χ2n) is 4.62. The molecule has 0 amide bonds. The van der Waals surface area contributed by atoms with Gasteiger partial charge in [-0.3, -0.25) is 0 Å². The molecule has 1 aromatic carbocycles. The maximum atomic E-state index is 12.4. The predicted octanol–water partition coefficient (Wildman–Crippen LogP) is 1.40. The fourth-order valence-corrected chi connectivity index (χ4v) is 3.49. The van der Waals surface area contributed by atoms with Crippen molar-refractivity contribution in [1.82, 2.24) is 9.62 Å². The number of hydrogen-bond donors (Lipinski definition) is 1. The predicted molar refractivity (Wildman–Crippen MR) is 76.6 cm³/mol. The lowest BCUT2D eigenvalue weighted by molar-refractivity contribution is 0.437. The van der Waals surface area contributed by atoms with Gasteiger partial charge in [-0.1, -0.05) is 24.3 Å². The average Bonchev–Trinajstić information content (AvgIpc) is 2.46. The maximum absolute atomic E-state index is 12.4. The highest BCUT2D eigenvalue weighted by atomic mass is 32.2. The third-order valence-electron chi connectivity index (χ3n) is 3.25. The summed E-state index contributed by atoms with van der Waals surface area (Å²) in [6.07, 6.45) is 5.62. The van der Waals surface area contributed by atoms with Crippen molar-refractivity contribution in [2.24, 2.45) is 0 Å². The highest BCUT2D eigenvalue weighted by molar-refractivity contribution is 7.89. The van der Waals surface area contributed by atoms with Gasteiger partial charge in [-0.15, -0.1) is 0 Å². The first-order valence-corrected chi connectivity index (χ1v) is 7.97. The first kappa shape index (κ1) is 14.2. The second-order valence-corrected chi connectivity index (χ2v) is 6.56. The molecular formula is C14H20N2O2S. The monoisotopic (exact) mass is 280 g/mol. The summed E-state index contributed by atoms with van der Waals surface area (Å²) in [7, 11) is -1.43. The Balaban J connectivity index is 2.14. The quantitative estimate of drug-likeness (QED) is 0.829. The molecule has 1 N–H and O–H groups in total. The lowest BCUT2D eigenvalue weighted by Gasteiger charge is -2.22. The Kier molecular flexibility index (Phi) is 4.74. The molecule has 1 aromatic rings. The van der Waals surface area contributed by atoms with Crippen LogP contribution < -0.4 is 5.32 Å². The molecule has 5 heteroatoms. The number of sulfonamides is 1. The number of likely N-dealkylation sites (N-methyl/N-ethyl adjacent to an activating group) is 1. The van der Waals surface area contributed by atoms with E-state index < -0.39 is 10.0 Å². The zero-order valence-corrected chi connectivity index (χ0v) is 12.0. The van der Waals surface area contributed by atoms with Gasteiger partial charge in [0, 0.05) is 13.1 Å². The number of benzene rings is 1. The molecule has 0 saturated heterocycles. The topological polar surface area (TPSA) is 49.4 Å². The molecule has 0 radical (unpaired) electrons. The molecule has 0 bridgehead atoms. The molecule has 0 fully saturated rings. The lowest BCUT2D eigenvalue weighted by Crippen LogP contribution is -2.33. The van der Waals surface area contributed by atoms with Gasteiger partial charge in [0.05, 0.1) is 4.90 Å². The lowest BCUT2D eigenvalue weighted by atomic mass is 10.1. The van der Waals surface area contributed by atoms with E-state index in [2.05, 4.69) is 5.32 Å². The van der Waals surface area contributed by atoms with Crippen molar-refractivity contribution in [3.63, 3.8) is 0 Å². The van der Waals surface area contributed by atoms with Crippen LogP contribution in [0, 0.1) is 0 Å². The van der Waals surface area contributed by atoms with Crippen molar-refractivity contribution < 1.29 is 8.42 Å². The van der Waals surface area contributed by atoms with Crippen LogP contribution in [-0.2, 0) is 16.4 Å². The smallest absolute Gasteiger partial charge is 0.243 e. The molecule has 19 heavy (non-hydrogen) atoms. The Morgan fingerprint density at radius 1 is 1.21 bits per heavy atom. The van der Waals surface area contributed by atoms with E-state index >= 15 is 0 Å². The van der Waals surface area contributed by atoms with Gasteiger partial charge in [0.25, 0.3) is 0 Å². The largest absolute Gasteiger partial charge is 0.319 e. The molecule has 2 rings (SSSR count). The Bertz CT molecular complexity index is 535. The second kappa shape index (κ2) is 6.32. The van der Waals surface area contributed by atoms with Gasteiger partial charge in [0.1, 0.15) is 0 Å². The SMILES string of the molecule is CNCCc1ccc(S(=O)(=O)N2CC=CCC2)cc1. The molecule has 1 aliphatic rings. The van der Waals surface area contributed by atoms with Crippen molar-refractivity contribution in [3.05, 3.63) is 42.0 Å². The Labute approximate surface area is 115 Å². The number of hydrogen-bond acceptors (Lipinski definition) is 3. The van der Waals surface area contributed by atoms with E-state index in [4.69, 9.17) is 0 Å². The molecule has 0 spiro atoms. The van der Waals surface area contributed by atoms with E-state index in [1.165, 1.54) is 4.31 Å².